The summed E-state index contributed by atoms with van der Waals surface area (Å²) in [5, 5.41) is 13.7. The fourth-order valence-corrected chi connectivity index (χ4v) is 4.10. The lowest BCUT2D eigenvalue weighted by molar-refractivity contribution is -0.121. The number of carbonyl (C=O) groups excluding carboxylic acids is 3. The van der Waals surface area contributed by atoms with Gasteiger partial charge in [-0.15, -0.1) is 0 Å². The van der Waals surface area contributed by atoms with Crippen molar-refractivity contribution >= 4 is 34.8 Å². The maximum Gasteiger partial charge on any atom is 0.407 e. The molecule has 0 unspecified atom stereocenters. The van der Waals surface area contributed by atoms with E-state index >= 15 is 0 Å². The van der Waals surface area contributed by atoms with Crippen LogP contribution in [0.2, 0.25) is 0 Å². The SMILES string of the molecule is CN(C)c1ccc(N=Nc2ccc(C(=O)NCc3cc(F)c(OCC(=O)CCCCCNC(=O)OC(C)(C)C)c(F)c3)cc2)cc1. The standard InChI is InChI=1S/C34H41F2N5O5/c1-34(2,3)46-33(44)37-18-8-6-7-9-28(42)22-45-31-29(35)19-23(20-30(31)36)21-38-32(43)24-10-12-25(13-11-24)39-40-26-14-16-27(17-15-26)41(4)5/h10-17,19-20H,6-9,18,21-22H2,1-5H3,(H,37,44)(H,38,43). The highest BCUT2D eigenvalue weighted by Gasteiger charge is 2.17. The fraction of sp³-hybridized carbons (Fsp3) is 0.382. The molecule has 0 fully saturated rings. The van der Waals surface area contributed by atoms with E-state index in [9.17, 15) is 23.2 Å². The molecule has 0 saturated carbocycles. The summed E-state index contributed by atoms with van der Waals surface area (Å²) in [6.07, 6.45) is 1.54. The Morgan fingerprint density at radius 1 is 0.826 bits per heavy atom. The highest BCUT2D eigenvalue weighted by Crippen LogP contribution is 2.24. The smallest absolute Gasteiger partial charge is 0.407 e. The summed E-state index contributed by atoms with van der Waals surface area (Å²) in [5.74, 6) is -3.34. The van der Waals surface area contributed by atoms with Gasteiger partial charge < -0.3 is 25.0 Å². The van der Waals surface area contributed by atoms with Gasteiger partial charge in [0.15, 0.2) is 23.2 Å². The molecule has 12 heteroatoms. The summed E-state index contributed by atoms with van der Waals surface area (Å²) in [5.41, 5.74) is 2.24. The topological polar surface area (TPSA) is 122 Å². The molecule has 0 heterocycles. The van der Waals surface area contributed by atoms with Gasteiger partial charge in [0.1, 0.15) is 12.2 Å². The van der Waals surface area contributed by atoms with Gasteiger partial charge in [0.05, 0.1) is 11.4 Å². The number of azo groups is 1. The lowest BCUT2D eigenvalue weighted by atomic mass is 10.1. The van der Waals surface area contributed by atoms with Crippen LogP contribution in [0, 0.1) is 11.6 Å². The number of amides is 2. The van der Waals surface area contributed by atoms with Crippen LogP contribution in [0.3, 0.4) is 0 Å². The number of Topliss-reactive ketones (excluding diaryl/α,β-unsaturated/α-hetero) is 1. The molecule has 2 N–H and O–H groups in total. The highest BCUT2D eigenvalue weighted by atomic mass is 19.1. The zero-order chi connectivity index (χ0) is 33.7. The number of hydrogen-bond acceptors (Lipinski definition) is 8. The molecular formula is C34H41F2N5O5. The van der Waals surface area contributed by atoms with Crippen LogP contribution < -0.4 is 20.3 Å². The maximum atomic E-state index is 14.6. The number of nitrogens with zero attached hydrogens (tertiary/aromatic N) is 3. The Morgan fingerprint density at radius 3 is 1.98 bits per heavy atom. The van der Waals surface area contributed by atoms with Crippen molar-refractivity contribution in [1.29, 1.82) is 0 Å². The number of unbranched alkanes of at least 4 members (excludes halogenated alkanes) is 2. The molecule has 0 atom stereocenters. The van der Waals surface area contributed by atoms with Crippen LogP contribution in [0.4, 0.5) is 30.6 Å². The molecule has 0 aliphatic heterocycles. The van der Waals surface area contributed by atoms with Crippen LogP contribution >= 0.6 is 0 Å². The van der Waals surface area contributed by atoms with Gasteiger partial charge in [-0.1, -0.05) is 6.42 Å². The number of alkyl carbamates (subject to hydrolysis) is 1. The van der Waals surface area contributed by atoms with Crippen molar-refractivity contribution in [3.63, 3.8) is 0 Å². The van der Waals surface area contributed by atoms with Crippen LogP contribution in [-0.2, 0) is 16.1 Å². The number of ketones is 1. The van der Waals surface area contributed by atoms with E-state index in [2.05, 4.69) is 20.9 Å². The Hall–Kier alpha value is -4.87. The normalized spacial score (nSPS) is 11.3. The van der Waals surface area contributed by atoms with Gasteiger partial charge in [-0.2, -0.15) is 10.2 Å². The van der Waals surface area contributed by atoms with Gasteiger partial charge in [-0.25, -0.2) is 13.6 Å². The third-order valence-corrected chi connectivity index (χ3v) is 6.47. The monoisotopic (exact) mass is 637 g/mol. The molecule has 2 amide bonds. The van der Waals surface area contributed by atoms with Gasteiger partial charge in [0, 0.05) is 44.9 Å². The average Bonchev–Trinajstić information content (AvgIpc) is 2.99. The Balaban J connectivity index is 1.40. The van der Waals surface area contributed by atoms with Crippen molar-refractivity contribution in [3.05, 3.63) is 83.4 Å². The molecular weight excluding hydrogens is 596 g/mol. The second-order valence-corrected chi connectivity index (χ2v) is 11.8. The number of halogens is 2. The quantitative estimate of drug-likeness (QED) is 0.132. The molecule has 3 rings (SSSR count). The molecule has 0 radical (unpaired) electrons. The second-order valence-electron chi connectivity index (χ2n) is 11.8. The van der Waals surface area contributed by atoms with E-state index in [0.29, 0.717) is 42.7 Å². The van der Waals surface area contributed by atoms with E-state index in [4.69, 9.17) is 9.47 Å². The minimum atomic E-state index is -0.976. The van der Waals surface area contributed by atoms with E-state index in [-0.39, 0.29) is 24.3 Å². The molecule has 0 aliphatic carbocycles. The molecule has 0 aliphatic rings. The summed E-state index contributed by atoms with van der Waals surface area (Å²) >= 11 is 0. The number of anilines is 1. The molecule has 0 saturated heterocycles. The van der Waals surface area contributed by atoms with E-state index < -0.39 is 41.6 Å². The third kappa shape index (κ3) is 12.3. The maximum absolute atomic E-state index is 14.6. The number of ether oxygens (including phenoxy) is 2. The summed E-state index contributed by atoms with van der Waals surface area (Å²) in [6, 6.07) is 16.1. The van der Waals surface area contributed by atoms with Gasteiger partial charge >= 0.3 is 6.09 Å². The summed E-state index contributed by atoms with van der Waals surface area (Å²) < 4.78 is 39.5. The number of benzene rings is 3. The number of carbonyl (C=O) groups is 3. The largest absolute Gasteiger partial charge is 0.480 e. The van der Waals surface area contributed by atoms with Crippen LogP contribution in [-0.4, -0.2) is 50.6 Å². The van der Waals surface area contributed by atoms with Crippen molar-refractivity contribution in [3.8, 4) is 5.75 Å². The predicted octanol–water partition coefficient (Wildman–Crippen LogP) is 7.41. The van der Waals surface area contributed by atoms with E-state index in [0.717, 1.165) is 17.8 Å². The first-order valence-corrected chi connectivity index (χ1v) is 15.0. The molecule has 10 nitrogen and oxygen atoms in total. The highest BCUT2D eigenvalue weighted by molar-refractivity contribution is 5.94. The zero-order valence-electron chi connectivity index (χ0n) is 26.9. The molecule has 0 bridgehead atoms. The van der Waals surface area contributed by atoms with Gasteiger partial charge in [-0.3, -0.25) is 9.59 Å². The number of hydrogen-bond donors (Lipinski definition) is 2. The molecule has 0 aromatic heterocycles. The first kappa shape index (κ1) is 35.6. The van der Waals surface area contributed by atoms with Crippen molar-refractivity contribution in [1.82, 2.24) is 10.6 Å². The van der Waals surface area contributed by atoms with Crippen LogP contribution in [0.5, 0.6) is 5.75 Å². The second kappa shape index (κ2) is 17.0. The van der Waals surface area contributed by atoms with Crippen molar-refractivity contribution < 1.29 is 32.6 Å². The van der Waals surface area contributed by atoms with Gasteiger partial charge in [-0.05, 0) is 99.8 Å². The van der Waals surface area contributed by atoms with Crippen LogP contribution in [0.1, 0.15) is 62.4 Å². The van der Waals surface area contributed by atoms with Crippen molar-refractivity contribution in [2.45, 2.75) is 58.6 Å². The zero-order valence-corrected chi connectivity index (χ0v) is 26.9. The number of nitrogens with one attached hydrogen (secondary N) is 2. The Bertz CT molecular complexity index is 1480. The minimum absolute atomic E-state index is 0.126. The molecule has 46 heavy (non-hydrogen) atoms. The predicted molar refractivity (Wildman–Crippen MR) is 172 cm³/mol. The third-order valence-electron chi connectivity index (χ3n) is 6.47. The van der Waals surface area contributed by atoms with Gasteiger partial charge in [0.25, 0.3) is 5.91 Å². The van der Waals surface area contributed by atoms with Crippen molar-refractivity contribution in [2.24, 2.45) is 10.2 Å². The molecule has 246 valence electrons. The lowest BCUT2D eigenvalue weighted by Gasteiger charge is -2.19. The van der Waals surface area contributed by atoms with Crippen molar-refractivity contribution in [2.75, 3.05) is 32.1 Å². The fourth-order valence-electron chi connectivity index (χ4n) is 4.10. The first-order valence-electron chi connectivity index (χ1n) is 15.0. The Kier molecular flexibility index (Phi) is 13.2. The summed E-state index contributed by atoms with van der Waals surface area (Å²) in [6.45, 7) is 5.14. The van der Waals surface area contributed by atoms with Gasteiger partial charge in [0.2, 0.25) is 0 Å². The molecule has 3 aromatic rings. The lowest BCUT2D eigenvalue weighted by Crippen LogP contribution is -2.33. The van der Waals surface area contributed by atoms with E-state index in [1.165, 1.54) is 0 Å². The molecule has 3 aromatic carbocycles. The van der Waals surface area contributed by atoms with E-state index in [1.54, 1.807) is 45.0 Å². The minimum Gasteiger partial charge on any atom is -0.480 e. The Morgan fingerprint density at radius 2 is 1.41 bits per heavy atom. The summed E-state index contributed by atoms with van der Waals surface area (Å²) in [7, 11) is 3.90. The summed E-state index contributed by atoms with van der Waals surface area (Å²) in [4.78, 5) is 38.3. The number of rotatable bonds is 15. The van der Waals surface area contributed by atoms with E-state index in [1.807, 2.05) is 43.3 Å². The Labute approximate surface area is 268 Å². The first-order chi connectivity index (χ1) is 21.8. The van der Waals surface area contributed by atoms with Crippen LogP contribution in [0.25, 0.3) is 0 Å². The van der Waals surface area contributed by atoms with Crippen LogP contribution in [0.15, 0.2) is 70.9 Å². The average molecular weight is 638 g/mol. The molecule has 0 spiro atoms.